The molecule has 0 aliphatic heterocycles. The summed E-state index contributed by atoms with van der Waals surface area (Å²) in [5, 5.41) is 9.72. The van der Waals surface area contributed by atoms with E-state index in [0.717, 1.165) is 16.7 Å². The Hall–Kier alpha value is -1.96. The minimum absolute atomic E-state index is 0.259. The summed E-state index contributed by atoms with van der Waals surface area (Å²) >= 11 is 0. The summed E-state index contributed by atoms with van der Waals surface area (Å²) in [7, 11) is 0. The average Bonchev–Trinajstić information content (AvgIpc) is 2.22. The maximum absolute atomic E-state index is 9.72. The molecular weight excluding hydrogens is 186 g/mol. The molecule has 0 bridgehead atoms. The number of rotatable bonds is 1. The minimum Gasteiger partial charge on any atom is -0.507 e. The summed E-state index contributed by atoms with van der Waals surface area (Å²) in [6.07, 6.45) is 0. The fourth-order valence-corrected chi connectivity index (χ4v) is 1.60. The molecule has 76 valence electrons. The Morgan fingerprint density at radius 1 is 1.07 bits per heavy atom. The van der Waals surface area contributed by atoms with Gasteiger partial charge >= 0.3 is 0 Å². The van der Waals surface area contributed by atoms with Gasteiger partial charge in [0, 0.05) is 11.3 Å². The predicted molar refractivity (Wildman–Crippen MR) is 62.7 cm³/mol. The lowest BCUT2D eigenvalue weighted by molar-refractivity contribution is 0.477. The van der Waals surface area contributed by atoms with Crippen LogP contribution in [0.4, 0.5) is 5.69 Å². The molecule has 0 amide bonds. The Balaban J connectivity index is 2.58. The zero-order valence-corrected chi connectivity index (χ0v) is 8.57. The number of hydrogen-bond acceptors (Lipinski definition) is 2. The van der Waals surface area contributed by atoms with Crippen LogP contribution in [0.15, 0.2) is 42.5 Å². The molecule has 0 saturated carbocycles. The lowest BCUT2D eigenvalue weighted by Crippen LogP contribution is -1.86. The van der Waals surface area contributed by atoms with Gasteiger partial charge in [0.15, 0.2) is 0 Å². The minimum atomic E-state index is 0.259. The molecule has 0 aliphatic carbocycles. The standard InChI is InChI=1S/C13H13NO/c1-9-3-2-4-10(7-9)12-8-11(14)5-6-13(12)15/h2-8,15H,14H2,1H3. The van der Waals surface area contributed by atoms with Crippen LogP contribution in [0.3, 0.4) is 0 Å². The zero-order valence-electron chi connectivity index (χ0n) is 8.57. The van der Waals surface area contributed by atoms with Gasteiger partial charge in [0.2, 0.25) is 0 Å². The fourth-order valence-electron chi connectivity index (χ4n) is 1.60. The first-order valence-electron chi connectivity index (χ1n) is 4.82. The van der Waals surface area contributed by atoms with Crippen LogP contribution in [-0.2, 0) is 0 Å². The number of nitrogen functional groups attached to an aromatic ring is 1. The Kier molecular flexibility index (Phi) is 2.34. The van der Waals surface area contributed by atoms with Crippen LogP contribution in [0, 0.1) is 6.92 Å². The van der Waals surface area contributed by atoms with E-state index in [2.05, 4.69) is 0 Å². The van der Waals surface area contributed by atoms with Crippen LogP contribution in [-0.4, -0.2) is 5.11 Å². The second-order valence-electron chi connectivity index (χ2n) is 3.65. The maximum atomic E-state index is 9.72. The normalized spacial score (nSPS) is 10.2. The SMILES string of the molecule is Cc1cccc(-c2cc(N)ccc2O)c1. The smallest absolute Gasteiger partial charge is 0.123 e. The van der Waals surface area contributed by atoms with Gasteiger partial charge in [0.05, 0.1) is 0 Å². The predicted octanol–water partition coefficient (Wildman–Crippen LogP) is 2.95. The molecule has 0 heterocycles. The molecule has 0 saturated heterocycles. The van der Waals surface area contributed by atoms with E-state index in [4.69, 9.17) is 5.73 Å². The van der Waals surface area contributed by atoms with E-state index < -0.39 is 0 Å². The molecule has 2 heteroatoms. The molecule has 2 aromatic carbocycles. The van der Waals surface area contributed by atoms with E-state index in [-0.39, 0.29) is 5.75 Å². The molecule has 0 aromatic heterocycles. The first kappa shape index (κ1) is 9.59. The number of phenols is 1. The van der Waals surface area contributed by atoms with E-state index in [1.807, 2.05) is 31.2 Å². The number of aryl methyl sites for hydroxylation is 1. The van der Waals surface area contributed by atoms with Crippen molar-refractivity contribution in [3.05, 3.63) is 48.0 Å². The molecule has 2 rings (SSSR count). The van der Waals surface area contributed by atoms with Crippen molar-refractivity contribution in [3.63, 3.8) is 0 Å². The van der Waals surface area contributed by atoms with Gasteiger partial charge in [-0.1, -0.05) is 29.8 Å². The van der Waals surface area contributed by atoms with Crippen LogP contribution < -0.4 is 5.73 Å². The van der Waals surface area contributed by atoms with Crippen LogP contribution in [0.1, 0.15) is 5.56 Å². The zero-order chi connectivity index (χ0) is 10.8. The van der Waals surface area contributed by atoms with Gasteiger partial charge in [0.25, 0.3) is 0 Å². The Bertz CT molecular complexity index is 492. The van der Waals surface area contributed by atoms with Crippen molar-refractivity contribution in [2.24, 2.45) is 0 Å². The highest BCUT2D eigenvalue weighted by molar-refractivity contribution is 5.73. The molecule has 15 heavy (non-hydrogen) atoms. The molecule has 0 atom stereocenters. The molecule has 0 aliphatic rings. The topological polar surface area (TPSA) is 46.2 Å². The van der Waals surface area contributed by atoms with Gasteiger partial charge in [-0.15, -0.1) is 0 Å². The highest BCUT2D eigenvalue weighted by atomic mass is 16.3. The second kappa shape index (κ2) is 3.65. The van der Waals surface area contributed by atoms with Gasteiger partial charge in [-0.3, -0.25) is 0 Å². The van der Waals surface area contributed by atoms with E-state index in [1.165, 1.54) is 0 Å². The van der Waals surface area contributed by atoms with Crippen LogP contribution >= 0.6 is 0 Å². The van der Waals surface area contributed by atoms with Gasteiger partial charge in [-0.2, -0.15) is 0 Å². The van der Waals surface area contributed by atoms with Crippen LogP contribution in [0.2, 0.25) is 0 Å². The van der Waals surface area contributed by atoms with Crippen molar-refractivity contribution >= 4 is 5.69 Å². The molecule has 0 spiro atoms. The number of aromatic hydroxyl groups is 1. The van der Waals surface area contributed by atoms with Crippen LogP contribution in [0.5, 0.6) is 5.75 Å². The van der Waals surface area contributed by atoms with Crippen molar-refractivity contribution in [1.82, 2.24) is 0 Å². The Morgan fingerprint density at radius 3 is 2.60 bits per heavy atom. The third-order valence-electron chi connectivity index (χ3n) is 2.35. The fraction of sp³-hybridized carbons (Fsp3) is 0.0769. The van der Waals surface area contributed by atoms with Gasteiger partial charge < -0.3 is 10.8 Å². The van der Waals surface area contributed by atoms with Crippen molar-refractivity contribution < 1.29 is 5.11 Å². The molecule has 2 aromatic rings. The summed E-state index contributed by atoms with van der Waals surface area (Å²) in [5.74, 6) is 0.259. The lowest BCUT2D eigenvalue weighted by atomic mass is 10.0. The van der Waals surface area contributed by atoms with E-state index in [1.54, 1.807) is 18.2 Å². The first-order chi connectivity index (χ1) is 7.16. The molecule has 0 radical (unpaired) electrons. The van der Waals surface area contributed by atoms with E-state index >= 15 is 0 Å². The van der Waals surface area contributed by atoms with Crippen LogP contribution in [0.25, 0.3) is 11.1 Å². The van der Waals surface area contributed by atoms with Crippen molar-refractivity contribution in [2.45, 2.75) is 6.92 Å². The van der Waals surface area contributed by atoms with Crippen molar-refractivity contribution in [3.8, 4) is 16.9 Å². The third-order valence-corrected chi connectivity index (χ3v) is 2.35. The number of nitrogens with two attached hydrogens (primary N) is 1. The molecule has 0 unspecified atom stereocenters. The van der Waals surface area contributed by atoms with Crippen molar-refractivity contribution in [2.75, 3.05) is 5.73 Å². The summed E-state index contributed by atoms with van der Waals surface area (Å²) in [6.45, 7) is 2.02. The average molecular weight is 199 g/mol. The first-order valence-corrected chi connectivity index (χ1v) is 4.82. The third kappa shape index (κ3) is 1.94. The van der Waals surface area contributed by atoms with Gasteiger partial charge in [-0.25, -0.2) is 0 Å². The molecule has 0 fully saturated rings. The summed E-state index contributed by atoms with van der Waals surface area (Å²) in [4.78, 5) is 0. The number of benzene rings is 2. The summed E-state index contributed by atoms with van der Waals surface area (Å²) < 4.78 is 0. The summed E-state index contributed by atoms with van der Waals surface area (Å²) in [5.41, 5.74) is 9.27. The summed E-state index contributed by atoms with van der Waals surface area (Å²) in [6, 6.07) is 13.1. The van der Waals surface area contributed by atoms with Gasteiger partial charge in [-0.05, 0) is 30.7 Å². The number of hydrogen-bond donors (Lipinski definition) is 2. The second-order valence-corrected chi connectivity index (χ2v) is 3.65. The highest BCUT2D eigenvalue weighted by Gasteiger charge is 2.04. The highest BCUT2D eigenvalue weighted by Crippen LogP contribution is 2.31. The molecule has 3 N–H and O–H groups in total. The van der Waals surface area contributed by atoms with E-state index in [9.17, 15) is 5.11 Å². The number of anilines is 1. The maximum Gasteiger partial charge on any atom is 0.123 e. The molecular formula is C13H13NO. The quantitative estimate of drug-likeness (QED) is 0.548. The molecule has 2 nitrogen and oxygen atoms in total. The largest absolute Gasteiger partial charge is 0.507 e. The monoisotopic (exact) mass is 199 g/mol. The number of phenolic OH excluding ortho intramolecular Hbond substituents is 1. The van der Waals surface area contributed by atoms with Gasteiger partial charge in [0.1, 0.15) is 5.75 Å². The Labute approximate surface area is 89.0 Å². The van der Waals surface area contributed by atoms with E-state index in [0.29, 0.717) is 5.69 Å². The Morgan fingerprint density at radius 2 is 1.87 bits per heavy atom. The van der Waals surface area contributed by atoms with Crippen molar-refractivity contribution in [1.29, 1.82) is 0 Å². The lowest BCUT2D eigenvalue weighted by Gasteiger charge is -2.06.